The van der Waals surface area contributed by atoms with Crippen LogP contribution in [0, 0.1) is 13.8 Å². The number of ether oxygens (including phenoxy) is 1. The van der Waals surface area contributed by atoms with E-state index < -0.39 is 0 Å². The zero-order valence-corrected chi connectivity index (χ0v) is 12.6. The summed E-state index contributed by atoms with van der Waals surface area (Å²) in [5.74, 6) is 0.903. The maximum absolute atomic E-state index is 6.38. The van der Waals surface area contributed by atoms with Crippen LogP contribution in [0.5, 0.6) is 5.75 Å². The van der Waals surface area contributed by atoms with Gasteiger partial charge >= 0.3 is 0 Å². The Balaban J connectivity index is 2.23. The lowest BCUT2D eigenvalue weighted by Crippen LogP contribution is -2.11. The highest BCUT2D eigenvalue weighted by atomic mass is 32.1. The predicted octanol–water partition coefficient (Wildman–Crippen LogP) is 4.20. The van der Waals surface area contributed by atoms with Crippen molar-refractivity contribution in [2.75, 3.05) is 6.61 Å². The van der Waals surface area contributed by atoms with Crippen LogP contribution in [-0.2, 0) is 0 Å². The maximum atomic E-state index is 6.38. The third kappa shape index (κ3) is 3.37. The molecular weight excluding hydrogens is 254 g/mol. The fourth-order valence-corrected chi connectivity index (χ4v) is 3.20. The molecule has 19 heavy (non-hydrogen) atoms. The zero-order chi connectivity index (χ0) is 13.8. The highest BCUT2D eigenvalue weighted by molar-refractivity contribution is 7.12. The van der Waals surface area contributed by atoms with E-state index in [2.05, 4.69) is 39.0 Å². The molecule has 102 valence electrons. The van der Waals surface area contributed by atoms with Crippen molar-refractivity contribution in [3.8, 4) is 5.75 Å². The number of benzene rings is 1. The van der Waals surface area contributed by atoms with Crippen LogP contribution < -0.4 is 10.5 Å². The van der Waals surface area contributed by atoms with Crippen molar-refractivity contribution in [1.29, 1.82) is 0 Å². The molecule has 1 aromatic heterocycles. The fraction of sp³-hybridized carbons (Fsp3) is 0.375. The van der Waals surface area contributed by atoms with Crippen molar-refractivity contribution in [1.82, 2.24) is 0 Å². The van der Waals surface area contributed by atoms with Gasteiger partial charge in [0.1, 0.15) is 5.75 Å². The summed E-state index contributed by atoms with van der Waals surface area (Å²) in [5.41, 5.74) is 8.77. The van der Waals surface area contributed by atoms with E-state index in [1.807, 2.05) is 12.1 Å². The van der Waals surface area contributed by atoms with Crippen molar-refractivity contribution >= 4 is 11.3 Å². The Kier molecular flexibility index (Phi) is 4.61. The van der Waals surface area contributed by atoms with E-state index in [4.69, 9.17) is 10.5 Å². The molecule has 1 heterocycles. The van der Waals surface area contributed by atoms with Gasteiger partial charge in [-0.2, -0.15) is 0 Å². The molecule has 0 saturated heterocycles. The van der Waals surface area contributed by atoms with Crippen molar-refractivity contribution in [3.63, 3.8) is 0 Å². The number of nitrogens with two attached hydrogens (primary N) is 1. The quantitative estimate of drug-likeness (QED) is 0.887. The van der Waals surface area contributed by atoms with Crippen LogP contribution in [0.2, 0.25) is 0 Å². The molecule has 0 saturated carbocycles. The first-order chi connectivity index (χ1) is 9.11. The fourth-order valence-electron chi connectivity index (χ4n) is 2.14. The van der Waals surface area contributed by atoms with Crippen LogP contribution in [0.1, 0.15) is 40.3 Å². The predicted molar refractivity (Wildman–Crippen MR) is 82.1 cm³/mol. The monoisotopic (exact) mass is 275 g/mol. The van der Waals surface area contributed by atoms with Crippen LogP contribution in [0.25, 0.3) is 0 Å². The molecule has 2 N–H and O–H groups in total. The van der Waals surface area contributed by atoms with Crippen molar-refractivity contribution in [3.05, 3.63) is 51.2 Å². The average Bonchev–Trinajstić information content (AvgIpc) is 2.75. The first kappa shape index (κ1) is 14.1. The minimum atomic E-state index is -0.0659. The first-order valence-corrected chi connectivity index (χ1v) is 7.48. The van der Waals surface area contributed by atoms with E-state index in [0.29, 0.717) is 0 Å². The topological polar surface area (TPSA) is 35.2 Å². The lowest BCUT2D eigenvalue weighted by Gasteiger charge is -2.13. The van der Waals surface area contributed by atoms with Crippen molar-refractivity contribution in [2.24, 2.45) is 5.73 Å². The Morgan fingerprint density at radius 3 is 2.68 bits per heavy atom. The second-order valence-electron chi connectivity index (χ2n) is 4.80. The van der Waals surface area contributed by atoms with Crippen LogP contribution >= 0.6 is 11.3 Å². The van der Waals surface area contributed by atoms with Gasteiger partial charge in [-0.1, -0.05) is 19.1 Å². The van der Waals surface area contributed by atoms with E-state index in [9.17, 15) is 0 Å². The Morgan fingerprint density at radius 1 is 1.26 bits per heavy atom. The summed E-state index contributed by atoms with van der Waals surface area (Å²) < 4.78 is 5.67. The molecule has 2 nitrogen and oxygen atoms in total. The van der Waals surface area contributed by atoms with Gasteiger partial charge in [-0.15, -0.1) is 11.3 Å². The number of hydrogen-bond acceptors (Lipinski definition) is 3. The lowest BCUT2D eigenvalue weighted by molar-refractivity contribution is 0.317. The van der Waals surface area contributed by atoms with Crippen LogP contribution in [0.15, 0.2) is 30.3 Å². The molecule has 2 rings (SSSR count). The van der Waals surface area contributed by atoms with Gasteiger partial charge in [0.2, 0.25) is 0 Å². The average molecular weight is 275 g/mol. The number of aryl methyl sites for hydroxylation is 2. The molecule has 0 aliphatic heterocycles. The van der Waals surface area contributed by atoms with E-state index in [-0.39, 0.29) is 6.04 Å². The van der Waals surface area contributed by atoms with E-state index >= 15 is 0 Å². The minimum absolute atomic E-state index is 0.0659. The van der Waals surface area contributed by atoms with Gasteiger partial charge in [0.15, 0.2) is 0 Å². The summed E-state index contributed by atoms with van der Waals surface area (Å²) in [6.07, 6.45) is 1.01. The lowest BCUT2D eigenvalue weighted by atomic mass is 10.0. The van der Waals surface area contributed by atoms with E-state index in [1.54, 1.807) is 11.3 Å². The van der Waals surface area contributed by atoms with E-state index in [1.165, 1.54) is 15.3 Å². The van der Waals surface area contributed by atoms with Gasteiger partial charge in [-0.3, -0.25) is 0 Å². The van der Waals surface area contributed by atoms with Crippen LogP contribution in [0.4, 0.5) is 0 Å². The van der Waals surface area contributed by atoms with Gasteiger partial charge in [0.05, 0.1) is 12.6 Å². The smallest absolute Gasteiger partial charge is 0.119 e. The van der Waals surface area contributed by atoms with Crippen LogP contribution in [0.3, 0.4) is 0 Å². The molecule has 3 heteroatoms. The van der Waals surface area contributed by atoms with Gasteiger partial charge in [0, 0.05) is 9.75 Å². The third-order valence-electron chi connectivity index (χ3n) is 3.05. The summed E-state index contributed by atoms with van der Waals surface area (Å²) in [7, 11) is 0. The number of hydrogen-bond donors (Lipinski definition) is 1. The molecule has 1 atom stereocenters. The molecule has 0 aliphatic rings. The summed E-state index contributed by atoms with van der Waals surface area (Å²) in [5, 5.41) is 0. The van der Waals surface area contributed by atoms with Crippen molar-refractivity contribution in [2.45, 2.75) is 33.2 Å². The first-order valence-electron chi connectivity index (χ1n) is 6.67. The SMILES string of the molecule is CCCOc1cccc(C(N)c2sc(C)cc2C)c1. The largest absolute Gasteiger partial charge is 0.494 e. The van der Waals surface area contributed by atoms with Gasteiger partial charge in [-0.05, 0) is 49.6 Å². The van der Waals surface area contributed by atoms with Gasteiger partial charge < -0.3 is 10.5 Å². The van der Waals surface area contributed by atoms with Gasteiger partial charge in [-0.25, -0.2) is 0 Å². The summed E-state index contributed by atoms with van der Waals surface area (Å²) in [6, 6.07) is 10.2. The van der Waals surface area contributed by atoms with Gasteiger partial charge in [0.25, 0.3) is 0 Å². The molecule has 1 aromatic carbocycles. The highest BCUT2D eigenvalue weighted by Crippen LogP contribution is 2.31. The highest BCUT2D eigenvalue weighted by Gasteiger charge is 2.14. The number of rotatable bonds is 5. The standard InChI is InChI=1S/C16H21NOS/c1-4-8-18-14-7-5-6-13(10-14)15(17)16-11(2)9-12(3)19-16/h5-7,9-10,15H,4,8,17H2,1-3H3. The Morgan fingerprint density at radius 2 is 2.05 bits per heavy atom. The second kappa shape index (κ2) is 6.22. The zero-order valence-electron chi connectivity index (χ0n) is 11.8. The van der Waals surface area contributed by atoms with Crippen LogP contribution in [-0.4, -0.2) is 6.61 Å². The normalized spacial score (nSPS) is 12.4. The Labute approximate surface area is 119 Å². The third-order valence-corrected chi connectivity index (χ3v) is 4.29. The summed E-state index contributed by atoms with van der Waals surface area (Å²) >= 11 is 1.78. The minimum Gasteiger partial charge on any atom is -0.494 e. The number of thiophene rings is 1. The molecule has 0 spiro atoms. The summed E-state index contributed by atoms with van der Waals surface area (Å²) in [4.78, 5) is 2.55. The molecular formula is C16H21NOS. The molecule has 2 aromatic rings. The molecule has 0 amide bonds. The Bertz CT molecular complexity index is 547. The molecule has 0 aliphatic carbocycles. The molecule has 0 bridgehead atoms. The molecule has 1 unspecified atom stereocenters. The second-order valence-corrected chi connectivity index (χ2v) is 6.09. The summed E-state index contributed by atoms with van der Waals surface area (Å²) in [6.45, 7) is 7.09. The molecule has 0 radical (unpaired) electrons. The van der Waals surface area contributed by atoms with E-state index in [0.717, 1.165) is 24.3 Å². The maximum Gasteiger partial charge on any atom is 0.119 e. The molecule has 0 fully saturated rings. The van der Waals surface area contributed by atoms with Crippen molar-refractivity contribution < 1.29 is 4.74 Å². The Hall–Kier alpha value is -1.32.